The van der Waals surface area contributed by atoms with Crippen molar-refractivity contribution in [1.29, 1.82) is 0 Å². The maximum absolute atomic E-state index is 11.7. The van der Waals surface area contributed by atoms with Crippen LogP contribution in [0.5, 0.6) is 0 Å². The fraction of sp³-hybridized carbons (Fsp3) is 0.182. The summed E-state index contributed by atoms with van der Waals surface area (Å²) >= 11 is 1.39. The van der Waals surface area contributed by atoms with E-state index >= 15 is 0 Å². The van der Waals surface area contributed by atoms with Gasteiger partial charge in [-0.3, -0.25) is 9.69 Å². The molecule has 0 spiro atoms. The first-order valence-electron chi connectivity index (χ1n) is 5.17. The minimum absolute atomic E-state index is 0.262. The summed E-state index contributed by atoms with van der Waals surface area (Å²) in [4.78, 5) is 27.7. The highest BCUT2D eigenvalue weighted by Crippen LogP contribution is 2.27. The monoisotopic (exact) mass is 265 g/mol. The molecule has 0 unspecified atom stereocenters. The predicted molar refractivity (Wildman–Crippen MR) is 69.1 cm³/mol. The number of anilines is 1. The first-order valence-corrected chi connectivity index (χ1v) is 5.98. The van der Waals surface area contributed by atoms with Crippen LogP contribution < -0.4 is 10.2 Å². The summed E-state index contributed by atoms with van der Waals surface area (Å²) in [7, 11) is 1.57. The van der Waals surface area contributed by atoms with E-state index < -0.39 is 6.09 Å². The van der Waals surface area contributed by atoms with Gasteiger partial charge in [-0.25, -0.2) is 9.78 Å². The molecule has 2 aromatic rings. The van der Waals surface area contributed by atoms with Crippen molar-refractivity contribution in [3.05, 3.63) is 24.3 Å². The van der Waals surface area contributed by atoms with Crippen LogP contribution in [0.25, 0.3) is 10.2 Å². The van der Waals surface area contributed by atoms with Crippen LogP contribution in [-0.4, -0.2) is 35.7 Å². The molecule has 18 heavy (non-hydrogen) atoms. The molecule has 1 aromatic heterocycles. The molecule has 6 nitrogen and oxygen atoms in total. The van der Waals surface area contributed by atoms with Gasteiger partial charge in [0.25, 0.3) is 0 Å². The summed E-state index contributed by atoms with van der Waals surface area (Å²) in [5, 5.41) is 11.0. The Hall–Kier alpha value is -2.15. The third-order valence-corrected chi connectivity index (χ3v) is 3.45. The lowest BCUT2D eigenvalue weighted by Crippen LogP contribution is -2.37. The van der Waals surface area contributed by atoms with E-state index in [0.29, 0.717) is 5.13 Å². The summed E-state index contributed by atoms with van der Waals surface area (Å²) in [6, 6.07) is 7.56. The molecule has 2 amide bonds. The fourth-order valence-electron chi connectivity index (χ4n) is 1.38. The predicted octanol–water partition coefficient (Wildman–Crippen LogP) is 1.53. The van der Waals surface area contributed by atoms with Crippen molar-refractivity contribution in [2.75, 3.05) is 18.5 Å². The Kier molecular flexibility index (Phi) is 3.42. The Morgan fingerprint density at radius 2 is 2.17 bits per heavy atom. The Balaban J connectivity index is 2.15. The Bertz CT molecular complexity index is 563. The molecular formula is C11H11N3O3S. The van der Waals surface area contributed by atoms with Crippen molar-refractivity contribution in [3.8, 4) is 0 Å². The summed E-state index contributed by atoms with van der Waals surface area (Å²) in [6.45, 7) is -0.262. The van der Waals surface area contributed by atoms with Crippen molar-refractivity contribution >= 4 is 38.7 Å². The molecule has 0 aliphatic heterocycles. The third kappa shape index (κ3) is 2.57. The lowest BCUT2D eigenvalue weighted by Gasteiger charge is -2.12. The van der Waals surface area contributed by atoms with Crippen LogP contribution in [0.3, 0.4) is 0 Å². The minimum Gasteiger partial charge on any atom is -0.465 e. The molecule has 2 rings (SSSR count). The molecule has 0 bridgehead atoms. The van der Waals surface area contributed by atoms with E-state index in [2.05, 4.69) is 4.98 Å². The zero-order valence-electron chi connectivity index (χ0n) is 9.58. The number of nitrogens with one attached hydrogen (secondary N) is 1. The molecule has 0 saturated heterocycles. The molecule has 0 atom stereocenters. The van der Waals surface area contributed by atoms with Crippen LogP contribution in [0.2, 0.25) is 0 Å². The van der Waals surface area contributed by atoms with Crippen molar-refractivity contribution in [3.63, 3.8) is 0 Å². The van der Waals surface area contributed by atoms with Crippen LogP contribution in [0.4, 0.5) is 9.93 Å². The molecule has 0 aliphatic rings. The van der Waals surface area contributed by atoms with Crippen LogP contribution in [-0.2, 0) is 4.79 Å². The van der Waals surface area contributed by atoms with Crippen molar-refractivity contribution in [2.45, 2.75) is 0 Å². The summed E-state index contributed by atoms with van der Waals surface area (Å²) in [5.74, 6) is -0.351. The quantitative estimate of drug-likeness (QED) is 0.881. The van der Waals surface area contributed by atoms with Gasteiger partial charge in [0, 0.05) is 7.05 Å². The van der Waals surface area contributed by atoms with Gasteiger partial charge in [-0.1, -0.05) is 23.5 Å². The molecule has 7 heteroatoms. The average molecular weight is 265 g/mol. The number of amides is 2. The van der Waals surface area contributed by atoms with Crippen LogP contribution in [0.1, 0.15) is 0 Å². The number of hydrogen-bond donors (Lipinski definition) is 2. The molecule has 0 fully saturated rings. The van der Waals surface area contributed by atoms with E-state index in [9.17, 15) is 9.59 Å². The zero-order valence-corrected chi connectivity index (χ0v) is 10.4. The number of benzene rings is 1. The second-order valence-corrected chi connectivity index (χ2v) is 4.58. The lowest BCUT2D eigenvalue weighted by atomic mass is 10.3. The second-order valence-electron chi connectivity index (χ2n) is 3.58. The number of fused-ring (bicyclic) bond motifs is 1. The van der Waals surface area contributed by atoms with Crippen LogP contribution in [0.15, 0.2) is 24.3 Å². The van der Waals surface area contributed by atoms with Crippen molar-refractivity contribution in [1.82, 2.24) is 10.3 Å². The number of hydrogen-bond acceptors (Lipinski definition) is 4. The highest BCUT2D eigenvalue weighted by molar-refractivity contribution is 7.22. The highest BCUT2D eigenvalue weighted by atomic mass is 32.1. The normalized spacial score (nSPS) is 10.3. The van der Waals surface area contributed by atoms with Gasteiger partial charge in [-0.15, -0.1) is 0 Å². The van der Waals surface area contributed by atoms with Crippen LogP contribution in [0, 0.1) is 0 Å². The number of aromatic nitrogens is 1. The maximum Gasteiger partial charge on any atom is 0.405 e. The van der Waals surface area contributed by atoms with E-state index in [-0.39, 0.29) is 12.5 Å². The molecule has 94 valence electrons. The number of carboxylic acid groups (broad SMARTS) is 1. The first-order chi connectivity index (χ1) is 8.58. The number of thiazole rings is 1. The van der Waals surface area contributed by atoms with E-state index in [1.165, 1.54) is 16.2 Å². The molecule has 2 N–H and O–H groups in total. The van der Waals surface area contributed by atoms with E-state index in [1.807, 2.05) is 29.6 Å². The van der Waals surface area contributed by atoms with Gasteiger partial charge in [0.2, 0.25) is 5.91 Å². The van der Waals surface area contributed by atoms with E-state index in [4.69, 9.17) is 5.11 Å². The second kappa shape index (κ2) is 5.01. The molecule has 0 radical (unpaired) electrons. The maximum atomic E-state index is 11.7. The van der Waals surface area contributed by atoms with Gasteiger partial charge in [0.05, 0.1) is 10.2 Å². The van der Waals surface area contributed by atoms with Gasteiger partial charge in [0.1, 0.15) is 6.54 Å². The number of likely N-dealkylation sites (N-methyl/N-ethyl adjacent to an activating group) is 1. The largest absolute Gasteiger partial charge is 0.465 e. The number of carbonyl (C=O) groups is 2. The Morgan fingerprint density at radius 1 is 1.44 bits per heavy atom. The van der Waals surface area contributed by atoms with E-state index in [1.54, 1.807) is 7.05 Å². The number of carbonyl (C=O) groups excluding carboxylic acids is 1. The SMILES string of the molecule is CN(C(=O)CNC(=O)O)c1nc2ccccc2s1. The summed E-state index contributed by atoms with van der Waals surface area (Å²) < 4.78 is 0.985. The Morgan fingerprint density at radius 3 is 2.83 bits per heavy atom. The summed E-state index contributed by atoms with van der Waals surface area (Å²) in [5.41, 5.74) is 0.823. The van der Waals surface area contributed by atoms with Crippen molar-refractivity contribution in [2.24, 2.45) is 0 Å². The van der Waals surface area contributed by atoms with Gasteiger partial charge >= 0.3 is 6.09 Å². The molecule has 1 heterocycles. The van der Waals surface area contributed by atoms with Gasteiger partial charge in [0.15, 0.2) is 5.13 Å². The van der Waals surface area contributed by atoms with E-state index in [0.717, 1.165) is 10.2 Å². The number of nitrogens with zero attached hydrogens (tertiary/aromatic N) is 2. The van der Waals surface area contributed by atoms with Gasteiger partial charge < -0.3 is 10.4 Å². The standard InChI is InChI=1S/C11H11N3O3S/c1-14(9(15)6-12-11(16)17)10-13-7-4-2-3-5-8(7)18-10/h2-5,12H,6H2,1H3,(H,16,17). The van der Waals surface area contributed by atoms with Gasteiger partial charge in [-0.05, 0) is 12.1 Å². The molecule has 0 aliphatic carbocycles. The van der Waals surface area contributed by atoms with Crippen molar-refractivity contribution < 1.29 is 14.7 Å². The lowest BCUT2D eigenvalue weighted by molar-refractivity contribution is -0.117. The molecule has 0 saturated carbocycles. The molecular weight excluding hydrogens is 254 g/mol. The molecule has 1 aromatic carbocycles. The van der Waals surface area contributed by atoms with Crippen LogP contribution >= 0.6 is 11.3 Å². The number of para-hydroxylation sites is 1. The summed E-state index contributed by atoms with van der Waals surface area (Å²) in [6.07, 6.45) is -1.22. The fourth-order valence-corrected chi connectivity index (χ4v) is 2.32. The van der Waals surface area contributed by atoms with Gasteiger partial charge in [-0.2, -0.15) is 0 Å². The topological polar surface area (TPSA) is 82.5 Å². The highest BCUT2D eigenvalue weighted by Gasteiger charge is 2.15. The zero-order chi connectivity index (χ0) is 13.1. The first kappa shape index (κ1) is 12.3. The minimum atomic E-state index is -1.22. The smallest absolute Gasteiger partial charge is 0.405 e. The average Bonchev–Trinajstić information content (AvgIpc) is 2.78. The Labute approximate surface area is 107 Å². The third-order valence-electron chi connectivity index (χ3n) is 2.33. The number of rotatable bonds is 3.